The van der Waals surface area contributed by atoms with E-state index in [1.807, 2.05) is 12.3 Å². The predicted molar refractivity (Wildman–Crippen MR) is 122 cm³/mol. The van der Waals surface area contributed by atoms with E-state index in [0.29, 0.717) is 22.4 Å². The minimum absolute atomic E-state index is 0.0541. The first-order valence-electron chi connectivity index (χ1n) is 9.01. The largest absolute Gasteiger partial charge is 0.283 e. The van der Waals surface area contributed by atoms with Crippen LogP contribution < -0.4 is 9.44 Å². The molecule has 0 aliphatic carbocycles. The van der Waals surface area contributed by atoms with E-state index in [1.165, 1.54) is 0 Å². The second-order valence-electron chi connectivity index (χ2n) is 7.15. The van der Waals surface area contributed by atoms with E-state index in [2.05, 4.69) is 14.4 Å². The second kappa shape index (κ2) is 8.01. The lowest BCUT2D eigenvalue weighted by Crippen LogP contribution is -2.19. The van der Waals surface area contributed by atoms with Gasteiger partial charge in [-0.2, -0.15) is 0 Å². The van der Waals surface area contributed by atoms with Gasteiger partial charge in [-0.15, -0.1) is 11.3 Å². The third kappa shape index (κ3) is 4.82. The third-order valence-electron chi connectivity index (χ3n) is 4.51. The highest BCUT2D eigenvalue weighted by molar-refractivity contribution is 7.93. The Morgan fingerprint density at radius 3 is 2.07 bits per heavy atom. The second-order valence-corrected chi connectivity index (χ2v) is 11.6. The Labute approximate surface area is 181 Å². The van der Waals surface area contributed by atoms with E-state index in [1.54, 1.807) is 62.4 Å². The number of sulfonamides is 2. The number of hydrogen-bond donors (Lipinski definition) is 2. The van der Waals surface area contributed by atoms with E-state index in [-0.39, 0.29) is 10.6 Å². The fraction of sp³-hybridized carbons (Fsp3) is 0.250. The summed E-state index contributed by atoms with van der Waals surface area (Å²) in [6, 6.07) is 8.62. The van der Waals surface area contributed by atoms with Crippen molar-refractivity contribution in [2.45, 2.75) is 32.6 Å². The number of nitrogens with zero attached hydrogens (tertiary/aromatic N) is 1. The minimum Gasteiger partial charge on any atom is -0.283 e. The number of aromatic nitrogens is 1. The van der Waals surface area contributed by atoms with Crippen LogP contribution in [0, 0.1) is 27.7 Å². The van der Waals surface area contributed by atoms with Gasteiger partial charge in [0.1, 0.15) is 0 Å². The highest BCUT2D eigenvalue weighted by Gasteiger charge is 2.24. The summed E-state index contributed by atoms with van der Waals surface area (Å²) < 4.78 is 54.7. The molecule has 1 heterocycles. The van der Waals surface area contributed by atoms with Gasteiger partial charge in [-0.3, -0.25) is 9.44 Å². The molecule has 0 saturated heterocycles. The van der Waals surface area contributed by atoms with E-state index >= 15 is 0 Å². The molecule has 0 saturated carbocycles. The summed E-state index contributed by atoms with van der Waals surface area (Å²) in [5, 5.41) is 2.91. The fourth-order valence-electron chi connectivity index (χ4n) is 3.33. The minimum atomic E-state index is -3.94. The zero-order valence-corrected chi connectivity index (χ0v) is 19.7. The molecule has 0 amide bonds. The number of nitrogens with one attached hydrogen (secondary N) is 2. The molecule has 3 aromatic rings. The van der Waals surface area contributed by atoms with Crippen molar-refractivity contribution < 1.29 is 16.8 Å². The monoisotopic (exact) mass is 465 g/mol. The van der Waals surface area contributed by atoms with Gasteiger partial charge in [0.25, 0.3) is 10.0 Å². The quantitative estimate of drug-likeness (QED) is 0.567. The third-order valence-corrected chi connectivity index (χ3v) is 7.53. The van der Waals surface area contributed by atoms with E-state index < -0.39 is 20.0 Å². The summed E-state index contributed by atoms with van der Waals surface area (Å²) in [6.45, 7) is 6.94. The summed E-state index contributed by atoms with van der Waals surface area (Å²) in [5.41, 5.74) is 3.95. The highest BCUT2D eigenvalue weighted by atomic mass is 32.2. The van der Waals surface area contributed by atoms with Crippen LogP contribution in [-0.2, 0) is 20.0 Å². The Balaban J connectivity index is 1.96. The normalized spacial score (nSPS) is 12.0. The summed E-state index contributed by atoms with van der Waals surface area (Å²) in [5.74, 6) is 0. The van der Waals surface area contributed by atoms with Gasteiger partial charge in [0.2, 0.25) is 10.0 Å². The lowest BCUT2D eigenvalue weighted by atomic mass is 10.1. The van der Waals surface area contributed by atoms with Gasteiger partial charge in [0.05, 0.1) is 27.5 Å². The van der Waals surface area contributed by atoms with Crippen LogP contribution in [0.4, 0.5) is 11.4 Å². The van der Waals surface area contributed by atoms with Crippen LogP contribution in [0.15, 0.2) is 40.6 Å². The van der Waals surface area contributed by atoms with Crippen molar-refractivity contribution in [2.75, 3.05) is 15.7 Å². The number of rotatable bonds is 6. The van der Waals surface area contributed by atoms with Crippen LogP contribution in [0.25, 0.3) is 11.3 Å². The lowest BCUT2D eigenvalue weighted by molar-refractivity contribution is 0.599. The zero-order chi connectivity index (χ0) is 22.3. The molecule has 0 spiro atoms. The molecular weight excluding hydrogens is 442 g/mol. The molecule has 0 bridgehead atoms. The van der Waals surface area contributed by atoms with Gasteiger partial charge in [-0.25, -0.2) is 21.8 Å². The van der Waals surface area contributed by atoms with Crippen molar-refractivity contribution in [2.24, 2.45) is 0 Å². The number of hydrogen-bond acceptors (Lipinski definition) is 6. The van der Waals surface area contributed by atoms with Gasteiger partial charge >= 0.3 is 0 Å². The van der Waals surface area contributed by atoms with Gasteiger partial charge in [-0.05, 0) is 56.5 Å². The van der Waals surface area contributed by atoms with E-state index in [4.69, 9.17) is 0 Å². The first-order valence-corrected chi connectivity index (χ1v) is 13.3. The molecule has 0 unspecified atom stereocenters. The molecule has 2 aromatic carbocycles. The van der Waals surface area contributed by atoms with Crippen LogP contribution in [0.3, 0.4) is 0 Å². The van der Waals surface area contributed by atoms with Gasteiger partial charge < -0.3 is 0 Å². The van der Waals surface area contributed by atoms with Crippen molar-refractivity contribution in [3.63, 3.8) is 0 Å². The summed E-state index contributed by atoms with van der Waals surface area (Å²) in [6.07, 6.45) is 1.03. The first kappa shape index (κ1) is 22.3. The van der Waals surface area contributed by atoms with Crippen LogP contribution in [-0.4, -0.2) is 28.1 Å². The number of thiazole rings is 1. The molecule has 3 rings (SSSR count). The molecule has 2 N–H and O–H groups in total. The number of aryl methyl sites for hydroxylation is 3. The van der Waals surface area contributed by atoms with Gasteiger partial charge in [0, 0.05) is 16.6 Å². The molecule has 0 aliphatic rings. The summed E-state index contributed by atoms with van der Waals surface area (Å²) >= 11 is 1.55. The van der Waals surface area contributed by atoms with Crippen molar-refractivity contribution in [3.05, 3.63) is 57.4 Å². The van der Waals surface area contributed by atoms with E-state index in [0.717, 1.165) is 22.5 Å². The number of anilines is 2. The maximum Gasteiger partial charge on any atom is 0.262 e. The Kier molecular flexibility index (Phi) is 5.94. The Bertz CT molecular complexity index is 1310. The molecule has 1 aromatic heterocycles. The van der Waals surface area contributed by atoms with Crippen LogP contribution in [0.2, 0.25) is 0 Å². The Morgan fingerprint density at radius 2 is 1.53 bits per heavy atom. The average Bonchev–Trinajstić information content (AvgIpc) is 3.04. The van der Waals surface area contributed by atoms with Crippen molar-refractivity contribution in [3.8, 4) is 11.3 Å². The van der Waals surface area contributed by atoms with Crippen molar-refractivity contribution in [1.82, 2.24) is 4.98 Å². The average molecular weight is 466 g/mol. The Morgan fingerprint density at radius 1 is 0.900 bits per heavy atom. The summed E-state index contributed by atoms with van der Waals surface area (Å²) in [4.78, 5) is 4.48. The molecule has 0 fully saturated rings. The zero-order valence-electron chi connectivity index (χ0n) is 17.3. The maximum absolute atomic E-state index is 13.1. The lowest BCUT2D eigenvalue weighted by Gasteiger charge is -2.18. The fourth-order valence-corrected chi connectivity index (χ4v) is 6.18. The highest BCUT2D eigenvalue weighted by Crippen LogP contribution is 2.32. The molecule has 0 atom stereocenters. The SMILES string of the molecule is Cc1nc(-c2ccc(NS(=O)(=O)c3c(C)cc(C)c(NS(C)(=O)=O)c3C)cc2)cs1. The smallest absolute Gasteiger partial charge is 0.262 e. The standard InChI is InChI=1S/C20H23N3O4S3/c1-12-10-13(2)20(14(3)19(12)23-29(5,24)25)30(26,27)22-17-8-6-16(7-9-17)18-11-28-15(4)21-18/h6-11,22-23H,1-5H3. The Hall–Kier alpha value is -2.43. The predicted octanol–water partition coefficient (Wildman–Crippen LogP) is 4.22. The van der Waals surface area contributed by atoms with Crippen LogP contribution >= 0.6 is 11.3 Å². The molecule has 160 valence electrons. The molecule has 0 radical (unpaired) electrons. The van der Waals surface area contributed by atoms with Crippen molar-refractivity contribution >= 4 is 42.8 Å². The summed E-state index contributed by atoms with van der Waals surface area (Å²) in [7, 11) is -7.50. The maximum atomic E-state index is 13.1. The van der Waals surface area contributed by atoms with Gasteiger partial charge in [-0.1, -0.05) is 18.2 Å². The molecule has 10 heteroatoms. The number of benzene rings is 2. The molecule has 7 nitrogen and oxygen atoms in total. The molecular formula is C20H23N3O4S3. The molecule has 30 heavy (non-hydrogen) atoms. The first-order chi connectivity index (χ1) is 13.9. The van der Waals surface area contributed by atoms with Crippen LogP contribution in [0.5, 0.6) is 0 Å². The van der Waals surface area contributed by atoms with Crippen LogP contribution in [0.1, 0.15) is 21.7 Å². The van der Waals surface area contributed by atoms with Crippen molar-refractivity contribution in [1.29, 1.82) is 0 Å². The van der Waals surface area contributed by atoms with Gasteiger partial charge in [0.15, 0.2) is 0 Å². The topological polar surface area (TPSA) is 105 Å². The molecule has 0 aliphatic heterocycles. The van der Waals surface area contributed by atoms with E-state index in [9.17, 15) is 16.8 Å².